The third kappa shape index (κ3) is 2.48. The number of halogens is 2. The Labute approximate surface area is 121 Å². The Morgan fingerprint density at radius 3 is 2.75 bits per heavy atom. The second kappa shape index (κ2) is 5.15. The molecule has 0 saturated carbocycles. The summed E-state index contributed by atoms with van der Waals surface area (Å²) in [5.74, 6) is -0.487. The average Bonchev–Trinajstić information content (AvgIpc) is 2.82. The molecule has 1 unspecified atom stereocenters. The molecule has 4 heteroatoms. The van der Waals surface area contributed by atoms with Crippen LogP contribution in [0.1, 0.15) is 16.7 Å². The normalized spacial score (nSPS) is 16.6. The lowest BCUT2D eigenvalue weighted by molar-refractivity contribution is 0.624. The first-order valence-electron chi connectivity index (χ1n) is 6.39. The quantitative estimate of drug-likeness (QED) is 0.908. The largest absolute Gasteiger partial charge is 0.382 e. The van der Waals surface area contributed by atoms with E-state index in [1.165, 1.54) is 17.2 Å². The van der Waals surface area contributed by atoms with Crippen LogP contribution < -0.4 is 5.32 Å². The number of hydrogen-bond acceptors (Lipinski definition) is 2. The highest BCUT2D eigenvalue weighted by Gasteiger charge is 2.21. The first-order valence-corrected chi connectivity index (χ1v) is 6.77. The van der Waals surface area contributed by atoms with E-state index in [0.717, 1.165) is 23.6 Å². The van der Waals surface area contributed by atoms with Crippen molar-refractivity contribution in [1.82, 2.24) is 0 Å². The van der Waals surface area contributed by atoms with Gasteiger partial charge in [-0.25, -0.2) is 4.39 Å². The number of fused-ring (bicyclic) bond motifs is 1. The van der Waals surface area contributed by atoms with Gasteiger partial charge in [-0.1, -0.05) is 17.7 Å². The molecule has 1 atom stereocenters. The van der Waals surface area contributed by atoms with Crippen molar-refractivity contribution in [3.63, 3.8) is 0 Å². The number of nitrogens with zero attached hydrogens (tertiary/aromatic N) is 1. The van der Waals surface area contributed by atoms with Gasteiger partial charge in [0.05, 0.1) is 5.56 Å². The van der Waals surface area contributed by atoms with Crippen molar-refractivity contribution >= 4 is 17.3 Å². The summed E-state index contributed by atoms with van der Waals surface area (Å²) < 4.78 is 13.3. The number of rotatable bonds is 2. The standard InChI is InChI=1S/C16H12ClFN2/c17-13-2-1-10-6-15(7-11(10)5-13)20-14-3-4-16(18)12(8-14)9-19/h1-5,8,15,20H,6-7H2. The molecule has 0 aliphatic heterocycles. The summed E-state index contributed by atoms with van der Waals surface area (Å²) in [5.41, 5.74) is 3.37. The van der Waals surface area contributed by atoms with Crippen LogP contribution in [-0.4, -0.2) is 6.04 Å². The zero-order valence-electron chi connectivity index (χ0n) is 10.7. The Morgan fingerprint density at radius 2 is 1.95 bits per heavy atom. The summed E-state index contributed by atoms with van der Waals surface area (Å²) in [5, 5.41) is 12.9. The maximum absolute atomic E-state index is 13.3. The first kappa shape index (κ1) is 13.0. The topological polar surface area (TPSA) is 35.8 Å². The van der Waals surface area contributed by atoms with Crippen LogP contribution in [0.2, 0.25) is 5.02 Å². The van der Waals surface area contributed by atoms with E-state index in [2.05, 4.69) is 5.32 Å². The molecule has 0 radical (unpaired) electrons. The summed E-state index contributed by atoms with van der Waals surface area (Å²) in [6.45, 7) is 0. The molecule has 0 aromatic heterocycles. The summed E-state index contributed by atoms with van der Waals surface area (Å²) in [6.07, 6.45) is 1.79. The van der Waals surface area contributed by atoms with Crippen molar-refractivity contribution in [2.75, 3.05) is 5.32 Å². The monoisotopic (exact) mass is 286 g/mol. The predicted molar refractivity (Wildman–Crippen MR) is 77.4 cm³/mol. The molecule has 0 saturated heterocycles. The molecule has 2 aromatic rings. The molecule has 0 spiro atoms. The fraction of sp³-hybridized carbons (Fsp3) is 0.188. The third-order valence-electron chi connectivity index (χ3n) is 3.56. The molecule has 1 N–H and O–H groups in total. The predicted octanol–water partition coefficient (Wildman–Crippen LogP) is 3.93. The number of nitriles is 1. The Hall–Kier alpha value is -2.05. The van der Waals surface area contributed by atoms with Crippen molar-refractivity contribution in [2.24, 2.45) is 0 Å². The van der Waals surface area contributed by atoms with Gasteiger partial charge in [-0.2, -0.15) is 5.26 Å². The van der Waals surface area contributed by atoms with Crippen LogP contribution in [0.4, 0.5) is 10.1 Å². The van der Waals surface area contributed by atoms with Gasteiger partial charge in [-0.15, -0.1) is 0 Å². The molecule has 1 aliphatic rings. The lowest BCUT2D eigenvalue weighted by Gasteiger charge is -2.13. The van der Waals surface area contributed by atoms with Crippen LogP contribution in [0.3, 0.4) is 0 Å². The molecule has 20 heavy (non-hydrogen) atoms. The Kier molecular flexibility index (Phi) is 3.33. The maximum atomic E-state index is 13.3. The van der Waals surface area contributed by atoms with E-state index in [4.69, 9.17) is 16.9 Å². The van der Waals surface area contributed by atoms with Crippen molar-refractivity contribution < 1.29 is 4.39 Å². The third-order valence-corrected chi connectivity index (χ3v) is 3.79. The van der Waals surface area contributed by atoms with Gasteiger partial charge in [0.15, 0.2) is 0 Å². The van der Waals surface area contributed by atoms with Crippen LogP contribution in [0.25, 0.3) is 0 Å². The van der Waals surface area contributed by atoms with Crippen molar-refractivity contribution in [3.05, 3.63) is 63.9 Å². The van der Waals surface area contributed by atoms with Crippen LogP contribution >= 0.6 is 11.6 Å². The Balaban J connectivity index is 1.76. The fourth-order valence-electron chi connectivity index (χ4n) is 2.63. The van der Waals surface area contributed by atoms with Gasteiger partial charge in [0, 0.05) is 16.8 Å². The molecule has 1 aliphatic carbocycles. The minimum atomic E-state index is -0.487. The Bertz CT molecular complexity index is 706. The second-order valence-electron chi connectivity index (χ2n) is 4.97. The van der Waals surface area contributed by atoms with Crippen molar-refractivity contribution in [2.45, 2.75) is 18.9 Å². The van der Waals surface area contributed by atoms with E-state index in [1.807, 2.05) is 24.3 Å². The summed E-state index contributed by atoms with van der Waals surface area (Å²) in [6, 6.07) is 12.6. The van der Waals surface area contributed by atoms with Gasteiger partial charge in [-0.05, 0) is 54.3 Å². The van der Waals surface area contributed by atoms with E-state index >= 15 is 0 Å². The summed E-state index contributed by atoms with van der Waals surface area (Å²) in [4.78, 5) is 0. The first-order chi connectivity index (χ1) is 9.65. The van der Waals surface area contributed by atoms with E-state index in [0.29, 0.717) is 0 Å². The molecule has 100 valence electrons. The highest BCUT2D eigenvalue weighted by Crippen LogP contribution is 2.27. The van der Waals surface area contributed by atoms with Crippen LogP contribution in [0.5, 0.6) is 0 Å². The number of anilines is 1. The Morgan fingerprint density at radius 1 is 1.15 bits per heavy atom. The molecule has 3 rings (SSSR count). The van der Waals surface area contributed by atoms with Gasteiger partial charge < -0.3 is 5.32 Å². The van der Waals surface area contributed by atoms with Gasteiger partial charge in [0.1, 0.15) is 11.9 Å². The molecule has 2 aromatic carbocycles. The second-order valence-corrected chi connectivity index (χ2v) is 5.41. The van der Waals surface area contributed by atoms with Crippen LogP contribution in [-0.2, 0) is 12.8 Å². The van der Waals surface area contributed by atoms with Gasteiger partial charge in [0.2, 0.25) is 0 Å². The average molecular weight is 287 g/mol. The maximum Gasteiger partial charge on any atom is 0.141 e. The minimum absolute atomic E-state index is 0.0635. The van der Waals surface area contributed by atoms with Crippen LogP contribution in [0.15, 0.2) is 36.4 Å². The summed E-state index contributed by atoms with van der Waals surface area (Å²) in [7, 11) is 0. The minimum Gasteiger partial charge on any atom is -0.382 e. The number of hydrogen-bond donors (Lipinski definition) is 1. The molecular weight excluding hydrogens is 275 g/mol. The lowest BCUT2D eigenvalue weighted by Crippen LogP contribution is -2.19. The molecular formula is C16H12ClFN2. The molecule has 2 nitrogen and oxygen atoms in total. The van der Waals surface area contributed by atoms with Gasteiger partial charge >= 0.3 is 0 Å². The van der Waals surface area contributed by atoms with E-state index < -0.39 is 5.82 Å². The number of nitrogens with one attached hydrogen (secondary N) is 1. The highest BCUT2D eigenvalue weighted by molar-refractivity contribution is 6.30. The molecule has 0 amide bonds. The zero-order valence-corrected chi connectivity index (χ0v) is 11.4. The number of benzene rings is 2. The molecule has 0 fully saturated rings. The fourth-order valence-corrected chi connectivity index (χ4v) is 2.82. The lowest BCUT2D eigenvalue weighted by atomic mass is 10.1. The highest BCUT2D eigenvalue weighted by atomic mass is 35.5. The van der Waals surface area contributed by atoms with Crippen LogP contribution in [0, 0.1) is 17.1 Å². The van der Waals surface area contributed by atoms with E-state index in [1.54, 1.807) is 12.1 Å². The molecule has 0 heterocycles. The van der Waals surface area contributed by atoms with E-state index in [9.17, 15) is 4.39 Å². The smallest absolute Gasteiger partial charge is 0.141 e. The van der Waals surface area contributed by atoms with E-state index in [-0.39, 0.29) is 11.6 Å². The van der Waals surface area contributed by atoms with Gasteiger partial charge in [0.25, 0.3) is 0 Å². The van der Waals surface area contributed by atoms with Crippen molar-refractivity contribution in [1.29, 1.82) is 5.26 Å². The van der Waals surface area contributed by atoms with Crippen molar-refractivity contribution in [3.8, 4) is 6.07 Å². The molecule has 0 bridgehead atoms. The SMILES string of the molecule is N#Cc1cc(NC2Cc3ccc(Cl)cc3C2)ccc1F. The zero-order chi connectivity index (χ0) is 14.1. The summed E-state index contributed by atoms with van der Waals surface area (Å²) >= 11 is 5.99. The van der Waals surface area contributed by atoms with Gasteiger partial charge in [-0.3, -0.25) is 0 Å².